The van der Waals surface area contributed by atoms with Crippen LogP contribution in [0, 0.1) is 0 Å². The fourth-order valence-electron chi connectivity index (χ4n) is 4.21. The molecule has 1 saturated carbocycles. The molecule has 1 amide bonds. The fourth-order valence-corrected chi connectivity index (χ4v) is 5.35. The Bertz CT molecular complexity index is 1030. The molecule has 2 aliphatic rings. The van der Waals surface area contributed by atoms with Gasteiger partial charge in [-0.1, -0.05) is 49.2 Å². The molecule has 0 saturated heterocycles. The summed E-state index contributed by atoms with van der Waals surface area (Å²) < 4.78 is 27.9. The molecule has 7 heteroatoms. The van der Waals surface area contributed by atoms with Crippen molar-refractivity contribution in [3.8, 4) is 0 Å². The van der Waals surface area contributed by atoms with E-state index in [1.54, 1.807) is 12.1 Å². The first kappa shape index (κ1) is 19.6. The van der Waals surface area contributed by atoms with E-state index in [9.17, 15) is 13.2 Å². The predicted octanol–water partition coefficient (Wildman–Crippen LogP) is 3.61. The maximum absolute atomic E-state index is 13.3. The lowest BCUT2D eigenvalue weighted by Gasteiger charge is -2.28. The van der Waals surface area contributed by atoms with Crippen molar-refractivity contribution in [2.75, 3.05) is 11.9 Å². The van der Waals surface area contributed by atoms with E-state index in [0.717, 1.165) is 37.7 Å². The van der Waals surface area contributed by atoms with Gasteiger partial charge in [0, 0.05) is 18.7 Å². The van der Waals surface area contributed by atoms with Crippen molar-refractivity contribution in [2.45, 2.75) is 48.8 Å². The molecule has 6 nitrogen and oxygen atoms in total. The fraction of sp³-hybridized carbons (Fsp3) is 0.364. The van der Waals surface area contributed by atoms with Crippen LogP contribution in [0.25, 0.3) is 0 Å². The summed E-state index contributed by atoms with van der Waals surface area (Å²) in [6.07, 6.45) is 5.08. The van der Waals surface area contributed by atoms with Crippen LogP contribution >= 0.6 is 0 Å². The second-order valence-corrected chi connectivity index (χ2v) is 9.36. The number of hydrogen-bond donors (Lipinski definition) is 2. The molecule has 1 heterocycles. The van der Waals surface area contributed by atoms with Gasteiger partial charge >= 0.3 is 0 Å². The molecule has 0 radical (unpaired) electrons. The van der Waals surface area contributed by atoms with Crippen LogP contribution in [-0.4, -0.2) is 26.7 Å². The van der Waals surface area contributed by atoms with Gasteiger partial charge in [0.15, 0.2) is 0 Å². The lowest BCUT2D eigenvalue weighted by atomic mass is 9.78. The van der Waals surface area contributed by atoms with E-state index in [1.807, 2.05) is 30.3 Å². The van der Waals surface area contributed by atoms with Crippen molar-refractivity contribution in [2.24, 2.45) is 4.99 Å². The smallest absolute Gasteiger partial charge is 0.262 e. The van der Waals surface area contributed by atoms with Crippen molar-refractivity contribution in [3.05, 3.63) is 60.2 Å². The lowest BCUT2D eigenvalue weighted by Crippen LogP contribution is -2.38. The van der Waals surface area contributed by atoms with Crippen molar-refractivity contribution in [1.29, 1.82) is 0 Å². The number of nitrogens with zero attached hydrogens (tertiary/aromatic N) is 1. The van der Waals surface area contributed by atoms with Crippen molar-refractivity contribution in [3.63, 3.8) is 0 Å². The van der Waals surface area contributed by atoms with Crippen LogP contribution in [0.1, 0.15) is 44.1 Å². The molecule has 152 valence electrons. The molecule has 2 aromatic rings. The Morgan fingerprint density at radius 2 is 1.72 bits per heavy atom. The van der Waals surface area contributed by atoms with Crippen LogP contribution in [0.2, 0.25) is 0 Å². The van der Waals surface area contributed by atoms with Crippen LogP contribution in [0.15, 0.2) is 64.5 Å². The van der Waals surface area contributed by atoms with E-state index in [-0.39, 0.29) is 10.8 Å². The number of rotatable bonds is 5. The first-order chi connectivity index (χ1) is 14.0. The number of aliphatic imine (C=N–C) groups is 1. The number of nitrogens with one attached hydrogen (secondary N) is 2. The number of amides is 1. The molecular formula is C22H25N3O3S. The summed E-state index contributed by atoms with van der Waals surface area (Å²) in [6.45, 7) is 0.648. The zero-order chi connectivity index (χ0) is 20.3. The number of amidine groups is 1. The summed E-state index contributed by atoms with van der Waals surface area (Å²) in [5, 5.41) is 2.97. The monoisotopic (exact) mass is 411 g/mol. The van der Waals surface area contributed by atoms with Gasteiger partial charge in [-0.3, -0.25) is 14.5 Å². The lowest BCUT2D eigenvalue weighted by molar-refractivity contribution is -0.121. The Kier molecular flexibility index (Phi) is 5.41. The minimum Gasteiger partial charge on any atom is -0.325 e. The molecule has 0 spiro atoms. The number of benzene rings is 2. The van der Waals surface area contributed by atoms with E-state index in [2.05, 4.69) is 15.0 Å². The van der Waals surface area contributed by atoms with E-state index in [4.69, 9.17) is 0 Å². The van der Waals surface area contributed by atoms with Gasteiger partial charge in [-0.25, -0.2) is 8.42 Å². The maximum Gasteiger partial charge on any atom is 0.262 e. The molecule has 29 heavy (non-hydrogen) atoms. The first-order valence-electron chi connectivity index (χ1n) is 10.0. The Balaban J connectivity index is 1.56. The summed E-state index contributed by atoms with van der Waals surface area (Å²) in [5.41, 5.74) is 0.931. The second-order valence-electron chi connectivity index (χ2n) is 7.67. The number of carbonyl (C=O) groups excluding carboxylic acids is 1. The molecule has 2 N–H and O–H groups in total. The summed E-state index contributed by atoms with van der Waals surface area (Å²) in [5.74, 6) is 0.414. The zero-order valence-electron chi connectivity index (χ0n) is 16.2. The van der Waals surface area contributed by atoms with Gasteiger partial charge in [-0.05, 0) is 43.0 Å². The topological polar surface area (TPSA) is 87.6 Å². The van der Waals surface area contributed by atoms with E-state index in [0.29, 0.717) is 24.5 Å². The second kappa shape index (κ2) is 7.99. The molecule has 0 unspecified atom stereocenters. The summed E-state index contributed by atoms with van der Waals surface area (Å²) in [4.78, 5) is 17.6. The van der Waals surface area contributed by atoms with Crippen molar-refractivity contribution in [1.82, 2.24) is 4.72 Å². The van der Waals surface area contributed by atoms with Crippen LogP contribution in [0.5, 0.6) is 0 Å². The zero-order valence-corrected chi connectivity index (χ0v) is 17.0. The van der Waals surface area contributed by atoms with Crippen LogP contribution in [-0.2, 0) is 20.2 Å². The average molecular weight is 412 g/mol. The maximum atomic E-state index is 13.3. The minimum absolute atomic E-state index is 0.0797. The SMILES string of the molecule is O=C(Nc1cccc(S(=O)(=O)NC2=NCCC2)c1)C1(c2ccccc2)CCCC1. The van der Waals surface area contributed by atoms with Crippen LogP contribution in [0.4, 0.5) is 5.69 Å². The average Bonchev–Trinajstić information content (AvgIpc) is 3.41. The van der Waals surface area contributed by atoms with Gasteiger partial charge in [0.1, 0.15) is 5.84 Å². The standard InChI is InChI=1S/C22H25N3O3S/c26-21(22(13-4-5-14-22)17-8-2-1-3-9-17)24-18-10-6-11-19(16-18)29(27,28)25-20-12-7-15-23-20/h1-3,6,8-11,16H,4-5,7,12-15H2,(H,23,25)(H,24,26). The highest BCUT2D eigenvalue weighted by Crippen LogP contribution is 2.42. The molecule has 4 rings (SSSR count). The third-order valence-electron chi connectivity index (χ3n) is 5.75. The predicted molar refractivity (Wildman–Crippen MR) is 114 cm³/mol. The van der Waals surface area contributed by atoms with Gasteiger partial charge in [0.25, 0.3) is 10.0 Å². The summed E-state index contributed by atoms with van der Waals surface area (Å²) in [7, 11) is -3.72. The Morgan fingerprint density at radius 1 is 0.966 bits per heavy atom. The highest BCUT2D eigenvalue weighted by atomic mass is 32.2. The van der Waals surface area contributed by atoms with Crippen LogP contribution in [0.3, 0.4) is 0 Å². The van der Waals surface area contributed by atoms with E-state index >= 15 is 0 Å². The number of hydrogen-bond acceptors (Lipinski definition) is 4. The molecule has 0 aromatic heterocycles. The molecule has 1 aliphatic heterocycles. The van der Waals surface area contributed by atoms with E-state index in [1.165, 1.54) is 12.1 Å². The summed E-state index contributed by atoms with van der Waals surface area (Å²) >= 11 is 0. The van der Waals surface area contributed by atoms with Crippen molar-refractivity contribution < 1.29 is 13.2 Å². The first-order valence-corrected chi connectivity index (χ1v) is 11.5. The normalized spacial score (nSPS) is 18.3. The minimum atomic E-state index is -3.72. The third kappa shape index (κ3) is 4.05. The number of sulfonamides is 1. The molecule has 1 fully saturated rings. The molecule has 0 atom stereocenters. The van der Waals surface area contributed by atoms with Gasteiger partial charge in [0.05, 0.1) is 10.3 Å². The molecule has 2 aromatic carbocycles. The summed E-state index contributed by atoms with van der Waals surface area (Å²) in [6, 6.07) is 16.2. The van der Waals surface area contributed by atoms with Crippen LogP contribution < -0.4 is 10.0 Å². The van der Waals surface area contributed by atoms with Gasteiger partial charge in [-0.15, -0.1) is 0 Å². The Hall–Kier alpha value is -2.67. The van der Waals surface area contributed by atoms with Gasteiger partial charge in [0.2, 0.25) is 5.91 Å². The van der Waals surface area contributed by atoms with Gasteiger partial charge in [-0.2, -0.15) is 0 Å². The number of anilines is 1. The highest BCUT2D eigenvalue weighted by molar-refractivity contribution is 7.90. The Labute approximate surface area is 171 Å². The Morgan fingerprint density at radius 3 is 2.41 bits per heavy atom. The van der Waals surface area contributed by atoms with Gasteiger partial charge < -0.3 is 5.32 Å². The molecule has 0 bridgehead atoms. The highest BCUT2D eigenvalue weighted by Gasteiger charge is 2.42. The largest absolute Gasteiger partial charge is 0.325 e. The number of carbonyl (C=O) groups is 1. The van der Waals surface area contributed by atoms with Crippen molar-refractivity contribution >= 4 is 27.5 Å². The quantitative estimate of drug-likeness (QED) is 0.788. The molecular weight excluding hydrogens is 386 g/mol. The third-order valence-corrected chi connectivity index (χ3v) is 7.13. The van der Waals surface area contributed by atoms with E-state index < -0.39 is 15.4 Å². The molecule has 1 aliphatic carbocycles.